The van der Waals surface area contributed by atoms with Gasteiger partial charge in [-0.3, -0.25) is 10.3 Å². The molecule has 0 radical (unpaired) electrons. The fraction of sp³-hybridized carbons (Fsp3) is 0.600. The van der Waals surface area contributed by atoms with Crippen molar-refractivity contribution in [2.75, 3.05) is 32.8 Å². The zero-order chi connectivity index (χ0) is 15.7. The molecule has 1 heterocycles. The molecule has 5 nitrogen and oxygen atoms in total. The van der Waals surface area contributed by atoms with Crippen LogP contribution < -0.4 is 5.32 Å². The molecule has 0 aromatic carbocycles. The minimum Gasteiger partial charge on any atom is -0.465 e. The van der Waals surface area contributed by atoms with Crippen LogP contribution in [0.1, 0.15) is 32.4 Å². The lowest BCUT2D eigenvalue weighted by atomic mass is 10.1. The van der Waals surface area contributed by atoms with Gasteiger partial charge in [0.15, 0.2) is 0 Å². The molecule has 0 aliphatic rings. The predicted molar refractivity (Wildman–Crippen MR) is 87.1 cm³/mol. The van der Waals surface area contributed by atoms with Gasteiger partial charge in [-0.1, -0.05) is 13.8 Å². The van der Waals surface area contributed by atoms with Crippen LogP contribution in [-0.4, -0.2) is 48.6 Å². The van der Waals surface area contributed by atoms with Crippen LogP contribution in [0.4, 0.5) is 0 Å². The van der Waals surface area contributed by atoms with Gasteiger partial charge in [0.1, 0.15) is 6.04 Å². The van der Waals surface area contributed by atoms with E-state index < -0.39 is 6.04 Å². The zero-order valence-corrected chi connectivity index (χ0v) is 14.5. The fourth-order valence-corrected chi connectivity index (χ4v) is 2.44. The zero-order valence-electron chi connectivity index (χ0n) is 12.9. The first-order valence-electron chi connectivity index (χ1n) is 7.35. The molecule has 1 rings (SSSR count). The van der Waals surface area contributed by atoms with Crippen LogP contribution in [0.2, 0.25) is 0 Å². The van der Waals surface area contributed by atoms with Crippen LogP contribution in [-0.2, 0) is 9.53 Å². The number of pyridine rings is 1. The lowest BCUT2D eigenvalue weighted by molar-refractivity contribution is -0.145. The lowest BCUT2D eigenvalue weighted by Crippen LogP contribution is -2.37. The average Bonchev–Trinajstić information content (AvgIpc) is 2.47. The number of ether oxygens (including phenoxy) is 1. The van der Waals surface area contributed by atoms with E-state index in [0.29, 0.717) is 6.61 Å². The minimum atomic E-state index is -0.481. The quantitative estimate of drug-likeness (QED) is 0.687. The molecule has 0 aliphatic carbocycles. The summed E-state index contributed by atoms with van der Waals surface area (Å²) in [6.45, 7) is 10.1. The van der Waals surface area contributed by atoms with Crippen molar-refractivity contribution in [1.29, 1.82) is 0 Å². The Morgan fingerprint density at radius 1 is 1.38 bits per heavy atom. The molecule has 1 atom stereocenters. The summed E-state index contributed by atoms with van der Waals surface area (Å²) >= 11 is 3.38. The SMILES string of the molecule is CCOC(=O)C(NCCN(CC)CC)c1cncc(Br)c1. The first-order valence-corrected chi connectivity index (χ1v) is 8.14. The van der Waals surface area contributed by atoms with Gasteiger partial charge in [0.05, 0.1) is 6.61 Å². The largest absolute Gasteiger partial charge is 0.465 e. The van der Waals surface area contributed by atoms with Crippen molar-refractivity contribution in [3.8, 4) is 0 Å². The van der Waals surface area contributed by atoms with Gasteiger partial charge in [-0.2, -0.15) is 0 Å². The van der Waals surface area contributed by atoms with E-state index >= 15 is 0 Å². The third kappa shape index (κ3) is 6.11. The molecule has 6 heteroatoms. The van der Waals surface area contributed by atoms with Gasteiger partial charge >= 0.3 is 5.97 Å². The van der Waals surface area contributed by atoms with E-state index in [2.05, 4.69) is 45.0 Å². The van der Waals surface area contributed by atoms with E-state index in [9.17, 15) is 4.79 Å². The number of carbonyl (C=O) groups excluding carboxylic acids is 1. The molecule has 1 unspecified atom stereocenters. The first-order chi connectivity index (χ1) is 10.1. The van der Waals surface area contributed by atoms with Gasteiger partial charge in [-0.25, -0.2) is 4.79 Å². The number of esters is 1. The van der Waals surface area contributed by atoms with Crippen LogP contribution in [0, 0.1) is 0 Å². The first kappa shape index (κ1) is 18.1. The summed E-state index contributed by atoms with van der Waals surface area (Å²) in [4.78, 5) is 18.5. The molecule has 0 spiro atoms. The Kier molecular flexibility index (Phi) is 8.49. The summed E-state index contributed by atoms with van der Waals surface area (Å²) in [7, 11) is 0. The topological polar surface area (TPSA) is 54.5 Å². The van der Waals surface area contributed by atoms with Gasteiger partial charge in [-0.05, 0) is 47.6 Å². The van der Waals surface area contributed by atoms with Gasteiger partial charge < -0.3 is 9.64 Å². The third-order valence-electron chi connectivity index (χ3n) is 3.25. The number of likely N-dealkylation sites (N-methyl/N-ethyl adjacent to an activating group) is 1. The molecular formula is C15H24BrN3O2. The third-order valence-corrected chi connectivity index (χ3v) is 3.69. The van der Waals surface area contributed by atoms with Crippen molar-refractivity contribution in [3.63, 3.8) is 0 Å². The number of nitrogens with zero attached hydrogens (tertiary/aromatic N) is 2. The van der Waals surface area contributed by atoms with Crippen molar-refractivity contribution < 1.29 is 9.53 Å². The molecule has 1 aromatic heterocycles. The van der Waals surface area contributed by atoms with E-state index in [1.165, 1.54) is 0 Å². The second-order valence-electron chi connectivity index (χ2n) is 4.60. The number of rotatable bonds is 9. The molecule has 118 valence electrons. The van der Waals surface area contributed by atoms with Crippen LogP contribution in [0.15, 0.2) is 22.9 Å². The number of aromatic nitrogens is 1. The Labute approximate surface area is 135 Å². The highest BCUT2D eigenvalue weighted by molar-refractivity contribution is 9.10. The highest BCUT2D eigenvalue weighted by Gasteiger charge is 2.22. The Bertz CT molecular complexity index is 439. The Morgan fingerprint density at radius 2 is 2.10 bits per heavy atom. The van der Waals surface area contributed by atoms with E-state index in [0.717, 1.165) is 36.2 Å². The molecule has 0 saturated carbocycles. The Hall–Kier alpha value is -0.980. The Morgan fingerprint density at radius 3 is 2.67 bits per heavy atom. The highest BCUT2D eigenvalue weighted by atomic mass is 79.9. The second-order valence-corrected chi connectivity index (χ2v) is 5.52. The van der Waals surface area contributed by atoms with Gasteiger partial charge in [0.25, 0.3) is 0 Å². The summed E-state index contributed by atoms with van der Waals surface area (Å²) in [5.41, 5.74) is 0.808. The number of carbonyl (C=O) groups is 1. The van der Waals surface area contributed by atoms with Crippen LogP contribution in [0.3, 0.4) is 0 Å². The van der Waals surface area contributed by atoms with Crippen LogP contribution in [0.5, 0.6) is 0 Å². The molecule has 0 aliphatic heterocycles. The normalized spacial score (nSPS) is 12.4. The standard InChI is InChI=1S/C15H24BrN3O2/c1-4-19(5-2)8-7-18-14(15(20)21-6-3)12-9-13(16)11-17-10-12/h9-11,14,18H,4-8H2,1-3H3. The molecule has 0 saturated heterocycles. The van der Waals surface area contributed by atoms with E-state index in [1.54, 1.807) is 12.4 Å². The molecule has 0 amide bonds. The Balaban J connectivity index is 2.71. The van der Waals surface area contributed by atoms with Crippen molar-refractivity contribution in [3.05, 3.63) is 28.5 Å². The lowest BCUT2D eigenvalue weighted by Gasteiger charge is -2.21. The molecule has 0 bridgehead atoms. The smallest absolute Gasteiger partial charge is 0.327 e. The summed E-state index contributed by atoms with van der Waals surface area (Å²) < 4.78 is 6.00. The monoisotopic (exact) mass is 357 g/mol. The minimum absolute atomic E-state index is 0.267. The summed E-state index contributed by atoms with van der Waals surface area (Å²) in [5, 5.41) is 3.27. The van der Waals surface area contributed by atoms with E-state index in [-0.39, 0.29) is 5.97 Å². The molecule has 1 N–H and O–H groups in total. The maximum atomic E-state index is 12.1. The van der Waals surface area contributed by atoms with Gasteiger partial charge in [0.2, 0.25) is 0 Å². The van der Waals surface area contributed by atoms with Gasteiger partial charge in [0, 0.05) is 30.0 Å². The maximum absolute atomic E-state index is 12.1. The summed E-state index contributed by atoms with van der Waals surface area (Å²) in [5.74, 6) is -0.267. The van der Waals surface area contributed by atoms with Crippen molar-refractivity contribution in [2.45, 2.75) is 26.8 Å². The van der Waals surface area contributed by atoms with Crippen LogP contribution in [0.25, 0.3) is 0 Å². The molecular weight excluding hydrogens is 334 g/mol. The number of hydrogen-bond donors (Lipinski definition) is 1. The average molecular weight is 358 g/mol. The number of halogens is 1. The van der Waals surface area contributed by atoms with Crippen molar-refractivity contribution >= 4 is 21.9 Å². The summed E-state index contributed by atoms with van der Waals surface area (Å²) in [6, 6.07) is 1.41. The van der Waals surface area contributed by atoms with E-state index in [1.807, 2.05) is 13.0 Å². The van der Waals surface area contributed by atoms with Crippen molar-refractivity contribution in [1.82, 2.24) is 15.2 Å². The highest BCUT2D eigenvalue weighted by Crippen LogP contribution is 2.18. The molecule has 21 heavy (non-hydrogen) atoms. The maximum Gasteiger partial charge on any atom is 0.327 e. The molecule has 0 fully saturated rings. The number of hydrogen-bond acceptors (Lipinski definition) is 5. The van der Waals surface area contributed by atoms with Crippen LogP contribution >= 0.6 is 15.9 Å². The van der Waals surface area contributed by atoms with E-state index in [4.69, 9.17) is 4.74 Å². The number of nitrogens with one attached hydrogen (secondary N) is 1. The molecule has 1 aromatic rings. The fourth-order valence-electron chi connectivity index (χ4n) is 2.06. The second kappa shape index (κ2) is 9.87. The van der Waals surface area contributed by atoms with Crippen molar-refractivity contribution in [2.24, 2.45) is 0 Å². The predicted octanol–water partition coefficient (Wildman–Crippen LogP) is 2.38. The summed E-state index contributed by atoms with van der Waals surface area (Å²) in [6.07, 6.45) is 3.39. The van der Waals surface area contributed by atoms with Gasteiger partial charge in [-0.15, -0.1) is 0 Å².